The highest BCUT2D eigenvalue weighted by atomic mass is 35.5. The molecule has 0 atom stereocenters. The van der Waals surface area contributed by atoms with Crippen molar-refractivity contribution in [2.45, 2.75) is 4.90 Å². The number of anilines is 1. The van der Waals surface area contributed by atoms with E-state index >= 15 is 0 Å². The van der Waals surface area contributed by atoms with Crippen molar-refractivity contribution in [3.05, 3.63) is 58.6 Å². The number of sulfonamides is 1. The van der Waals surface area contributed by atoms with Gasteiger partial charge in [-0.1, -0.05) is 23.7 Å². The van der Waals surface area contributed by atoms with E-state index in [-0.39, 0.29) is 21.2 Å². The van der Waals surface area contributed by atoms with E-state index in [0.29, 0.717) is 12.1 Å². The first-order valence-corrected chi connectivity index (χ1v) is 7.38. The van der Waals surface area contributed by atoms with Gasteiger partial charge in [-0.2, -0.15) is 5.26 Å². The maximum absolute atomic E-state index is 13.2. The predicted molar refractivity (Wildman–Crippen MR) is 73.3 cm³/mol. The van der Waals surface area contributed by atoms with Crippen molar-refractivity contribution in [3.8, 4) is 6.07 Å². The quantitative estimate of drug-likeness (QED) is 0.879. The molecule has 0 heterocycles. The molecule has 0 radical (unpaired) electrons. The monoisotopic (exact) mass is 328 g/mol. The summed E-state index contributed by atoms with van der Waals surface area (Å²) in [5, 5.41) is 8.61. The first kappa shape index (κ1) is 15.2. The zero-order chi connectivity index (χ0) is 15.6. The molecule has 2 rings (SSSR count). The summed E-state index contributed by atoms with van der Waals surface area (Å²) >= 11 is 5.67. The highest BCUT2D eigenvalue weighted by molar-refractivity contribution is 7.92. The Morgan fingerprint density at radius 3 is 2.43 bits per heavy atom. The van der Waals surface area contributed by atoms with Gasteiger partial charge in [0.15, 0.2) is 11.6 Å². The molecular weight excluding hydrogens is 322 g/mol. The van der Waals surface area contributed by atoms with Crippen molar-refractivity contribution in [2.75, 3.05) is 4.72 Å². The lowest BCUT2D eigenvalue weighted by Gasteiger charge is -2.11. The molecular formula is C13H7ClF2N2O2S. The molecule has 0 spiro atoms. The van der Waals surface area contributed by atoms with Gasteiger partial charge in [-0.05, 0) is 18.2 Å². The molecule has 0 fully saturated rings. The first-order valence-electron chi connectivity index (χ1n) is 5.51. The Kier molecular flexibility index (Phi) is 4.11. The Morgan fingerprint density at radius 2 is 1.76 bits per heavy atom. The number of hydrogen-bond acceptors (Lipinski definition) is 3. The molecule has 108 valence electrons. The Hall–Kier alpha value is -2.17. The van der Waals surface area contributed by atoms with Crippen LogP contribution in [0.2, 0.25) is 5.02 Å². The van der Waals surface area contributed by atoms with Crippen molar-refractivity contribution in [1.82, 2.24) is 0 Å². The van der Waals surface area contributed by atoms with Gasteiger partial charge in [0, 0.05) is 6.07 Å². The van der Waals surface area contributed by atoms with Crippen LogP contribution < -0.4 is 4.72 Å². The van der Waals surface area contributed by atoms with Crippen LogP contribution in [0.15, 0.2) is 41.3 Å². The summed E-state index contributed by atoms with van der Waals surface area (Å²) in [6.07, 6.45) is 0. The fourth-order valence-electron chi connectivity index (χ4n) is 1.59. The van der Waals surface area contributed by atoms with Crippen molar-refractivity contribution in [3.63, 3.8) is 0 Å². The molecule has 0 aliphatic rings. The minimum absolute atomic E-state index is 0.0799. The van der Waals surface area contributed by atoms with Crippen LogP contribution in [0.25, 0.3) is 0 Å². The van der Waals surface area contributed by atoms with E-state index < -0.39 is 21.7 Å². The summed E-state index contributed by atoms with van der Waals surface area (Å²) < 4.78 is 52.5. The Bertz CT molecular complexity index is 848. The fraction of sp³-hybridized carbons (Fsp3) is 0. The van der Waals surface area contributed by atoms with E-state index in [1.807, 2.05) is 4.72 Å². The van der Waals surface area contributed by atoms with Crippen molar-refractivity contribution < 1.29 is 17.2 Å². The SMILES string of the molecule is N#Cc1ccccc1S(=O)(=O)Nc1cc(F)c(F)cc1Cl. The van der Waals surface area contributed by atoms with Crippen LogP contribution >= 0.6 is 11.6 Å². The lowest BCUT2D eigenvalue weighted by atomic mass is 10.2. The van der Waals surface area contributed by atoms with Gasteiger partial charge in [-0.25, -0.2) is 17.2 Å². The molecule has 0 aliphatic carbocycles. The molecule has 0 aromatic heterocycles. The topological polar surface area (TPSA) is 70.0 Å². The molecule has 0 saturated carbocycles. The van der Waals surface area contributed by atoms with Crippen LogP contribution in [-0.4, -0.2) is 8.42 Å². The van der Waals surface area contributed by atoms with Crippen molar-refractivity contribution >= 4 is 27.3 Å². The first-order chi connectivity index (χ1) is 9.85. The molecule has 4 nitrogen and oxygen atoms in total. The van der Waals surface area contributed by atoms with Gasteiger partial charge in [-0.3, -0.25) is 4.72 Å². The van der Waals surface area contributed by atoms with Gasteiger partial charge < -0.3 is 0 Å². The summed E-state index contributed by atoms with van der Waals surface area (Å²) in [7, 11) is -4.15. The number of nitriles is 1. The number of nitrogens with zero attached hydrogens (tertiary/aromatic N) is 1. The van der Waals surface area contributed by atoms with E-state index in [2.05, 4.69) is 0 Å². The molecule has 2 aromatic carbocycles. The summed E-state index contributed by atoms with van der Waals surface area (Å²) in [5.41, 5.74) is -0.396. The van der Waals surface area contributed by atoms with E-state index in [1.165, 1.54) is 24.3 Å². The van der Waals surface area contributed by atoms with Crippen LogP contribution in [0.1, 0.15) is 5.56 Å². The van der Waals surface area contributed by atoms with Crippen LogP contribution in [0.5, 0.6) is 0 Å². The average molecular weight is 329 g/mol. The Balaban J connectivity index is 2.48. The second kappa shape index (κ2) is 5.68. The molecule has 0 aliphatic heterocycles. The van der Waals surface area contributed by atoms with E-state index in [1.54, 1.807) is 6.07 Å². The van der Waals surface area contributed by atoms with Gasteiger partial charge >= 0.3 is 0 Å². The number of hydrogen-bond donors (Lipinski definition) is 1. The van der Waals surface area contributed by atoms with Crippen molar-refractivity contribution in [1.29, 1.82) is 5.26 Å². The third-order valence-corrected chi connectivity index (χ3v) is 4.29. The third kappa shape index (κ3) is 3.12. The summed E-state index contributed by atoms with van der Waals surface area (Å²) in [6.45, 7) is 0. The second-order valence-corrected chi connectivity index (χ2v) is 6.02. The van der Waals surface area contributed by atoms with Crippen molar-refractivity contribution in [2.24, 2.45) is 0 Å². The molecule has 0 unspecified atom stereocenters. The maximum Gasteiger partial charge on any atom is 0.263 e. The highest BCUT2D eigenvalue weighted by Crippen LogP contribution is 2.27. The van der Waals surface area contributed by atoms with Crippen LogP contribution in [0.3, 0.4) is 0 Å². The molecule has 2 aromatic rings. The minimum Gasteiger partial charge on any atom is -0.278 e. The Morgan fingerprint density at radius 1 is 1.14 bits per heavy atom. The summed E-state index contributed by atoms with van der Waals surface area (Å²) in [4.78, 5) is -0.284. The van der Waals surface area contributed by atoms with Crippen LogP contribution in [-0.2, 0) is 10.0 Å². The van der Waals surface area contributed by atoms with Gasteiger partial charge in [0.05, 0.1) is 16.3 Å². The standard InChI is InChI=1S/C13H7ClF2N2O2S/c14-9-5-10(15)11(16)6-12(9)18-21(19,20)13-4-2-1-3-8(13)7-17/h1-6,18H. The lowest BCUT2D eigenvalue weighted by Crippen LogP contribution is -2.15. The van der Waals surface area contributed by atoms with Gasteiger partial charge in [0.1, 0.15) is 11.0 Å². The highest BCUT2D eigenvalue weighted by Gasteiger charge is 2.20. The smallest absolute Gasteiger partial charge is 0.263 e. The second-order valence-electron chi connectivity index (χ2n) is 3.96. The number of halogens is 3. The minimum atomic E-state index is -4.15. The van der Waals surface area contributed by atoms with Crippen LogP contribution in [0, 0.1) is 23.0 Å². The van der Waals surface area contributed by atoms with Crippen LogP contribution in [0.4, 0.5) is 14.5 Å². The van der Waals surface area contributed by atoms with Gasteiger partial charge in [0.2, 0.25) is 0 Å². The summed E-state index contributed by atoms with van der Waals surface area (Å²) in [5.74, 6) is -2.44. The molecule has 1 N–H and O–H groups in total. The number of rotatable bonds is 3. The zero-order valence-corrected chi connectivity index (χ0v) is 11.8. The number of nitrogens with one attached hydrogen (secondary N) is 1. The molecule has 21 heavy (non-hydrogen) atoms. The summed E-state index contributed by atoms with van der Waals surface area (Å²) in [6, 6.07) is 8.50. The molecule has 8 heteroatoms. The Labute approximate surface area is 124 Å². The normalized spacial score (nSPS) is 11.0. The van der Waals surface area contributed by atoms with E-state index in [0.717, 1.165) is 0 Å². The largest absolute Gasteiger partial charge is 0.278 e. The lowest BCUT2D eigenvalue weighted by molar-refractivity contribution is 0.509. The molecule has 0 saturated heterocycles. The third-order valence-electron chi connectivity index (χ3n) is 2.55. The van der Waals surface area contributed by atoms with Gasteiger partial charge in [-0.15, -0.1) is 0 Å². The predicted octanol–water partition coefficient (Wildman–Crippen LogP) is 3.29. The fourth-order valence-corrected chi connectivity index (χ4v) is 3.08. The maximum atomic E-state index is 13.2. The van der Waals surface area contributed by atoms with E-state index in [9.17, 15) is 17.2 Å². The average Bonchev–Trinajstić information content (AvgIpc) is 2.44. The number of benzene rings is 2. The van der Waals surface area contributed by atoms with Gasteiger partial charge in [0.25, 0.3) is 10.0 Å². The molecule has 0 bridgehead atoms. The zero-order valence-electron chi connectivity index (χ0n) is 10.3. The molecule has 0 amide bonds. The van der Waals surface area contributed by atoms with E-state index in [4.69, 9.17) is 16.9 Å².